The molecule has 2 heteroatoms. The van der Waals surface area contributed by atoms with Gasteiger partial charge in [0.05, 0.1) is 0 Å². The number of rotatable bonds is 4. The van der Waals surface area contributed by atoms with Crippen molar-refractivity contribution in [1.82, 2.24) is 0 Å². The fourth-order valence-corrected chi connectivity index (χ4v) is 1.11. The first-order chi connectivity index (χ1) is 6.74. The summed E-state index contributed by atoms with van der Waals surface area (Å²) >= 11 is 0. The maximum atomic E-state index is 5.50. The van der Waals surface area contributed by atoms with E-state index >= 15 is 0 Å². The third kappa shape index (κ3) is 3.23. The Bertz CT molecular complexity index is 318. The van der Waals surface area contributed by atoms with Crippen LogP contribution in [-0.4, -0.2) is 13.2 Å². The van der Waals surface area contributed by atoms with Crippen LogP contribution < -0.4 is 10.5 Å². The van der Waals surface area contributed by atoms with E-state index in [4.69, 9.17) is 10.5 Å². The van der Waals surface area contributed by atoms with Gasteiger partial charge in [-0.1, -0.05) is 18.2 Å². The van der Waals surface area contributed by atoms with E-state index < -0.39 is 0 Å². The van der Waals surface area contributed by atoms with Crippen LogP contribution in [0.5, 0.6) is 5.75 Å². The number of ether oxygens (including phenoxy) is 1. The van der Waals surface area contributed by atoms with Gasteiger partial charge in [0.25, 0.3) is 0 Å². The average Bonchev–Trinajstić information content (AvgIpc) is 2.18. The molecule has 0 aromatic heterocycles. The lowest BCUT2D eigenvalue weighted by atomic mass is 10.1. The maximum Gasteiger partial charge on any atom is 0.120 e. The van der Waals surface area contributed by atoms with Crippen LogP contribution in [0.1, 0.15) is 11.1 Å². The zero-order valence-electron chi connectivity index (χ0n) is 8.79. The molecular formula is C12H17NO. The first-order valence-corrected chi connectivity index (χ1v) is 4.79. The predicted molar refractivity (Wildman–Crippen MR) is 59.6 cm³/mol. The van der Waals surface area contributed by atoms with Crippen molar-refractivity contribution in [3.63, 3.8) is 0 Å². The van der Waals surface area contributed by atoms with Crippen molar-refractivity contribution in [2.45, 2.75) is 13.8 Å². The molecule has 0 aliphatic carbocycles. The smallest absolute Gasteiger partial charge is 0.120 e. The van der Waals surface area contributed by atoms with E-state index in [0.29, 0.717) is 13.2 Å². The second-order valence-electron chi connectivity index (χ2n) is 3.26. The number of hydrogen-bond donors (Lipinski definition) is 1. The molecule has 0 unspecified atom stereocenters. The summed E-state index contributed by atoms with van der Waals surface area (Å²) in [6.45, 7) is 5.32. The van der Waals surface area contributed by atoms with Gasteiger partial charge in [0.2, 0.25) is 0 Å². The van der Waals surface area contributed by atoms with E-state index in [-0.39, 0.29) is 0 Å². The molecule has 2 N–H and O–H groups in total. The highest BCUT2D eigenvalue weighted by molar-refractivity contribution is 5.33. The molecule has 0 bridgehead atoms. The number of benzene rings is 1. The largest absolute Gasteiger partial charge is 0.490 e. The van der Waals surface area contributed by atoms with Gasteiger partial charge in [-0.3, -0.25) is 0 Å². The van der Waals surface area contributed by atoms with Crippen molar-refractivity contribution in [3.05, 3.63) is 41.5 Å². The summed E-state index contributed by atoms with van der Waals surface area (Å²) in [5.74, 6) is 0.912. The Labute approximate surface area is 85.4 Å². The SMILES string of the molecule is Cc1ccc(OCC=CCN)cc1C. The van der Waals surface area contributed by atoms with Gasteiger partial charge in [-0.25, -0.2) is 0 Å². The normalized spacial score (nSPS) is 10.8. The standard InChI is InChI=1S/C12H17NO/c1-10-5-6-12(9-11(10)2)14-8-4-3-7-13/h3-6,9H,7-8,13H2,1-2H3. The Kier molecular flexibility index (Phi) is 4.20. The maximum absolute atomic E-state index is 5.50. The van der Waals surface area contributed by atoms with Crippen molar-refractivity contribution in [2.24, 2.45) is 5.73 Å². The summed E-state index contributed by atoms with van der Waals surface area (Å²) in [4.78, 5) is 0. The third-order valence-electron chi connectivity index (χ3n) is 2.13. The van der Waals surface area contributed by atoms with Crippen LogP contribution in [-0.2, 0) is 0 Å². The topological polar surface area (TPSA) is 35.2 Å². The fourth-order valence-electron chi connectivity index (χ4n) is 1.11. The van der Waals surface area contributed by atoms with E-state index in [9.17, 15) is 0 Å². The monoisotopic (exact) mass is 191 g/mol. The third-order valence-corrected chi connectivity index (χ3v) is 2.13. The fraction of sp³-hybridized carbons (Fsp3) is 0.333. The van der Waals surface area contributed by atoms with Crippen molar-refractivity contribution in [3.8, 4) is 5.75 Å². The summed E-state index contributed by atoms with van der Waals surface area (Å²) in [5, 5.41) is 0. The Morgan fingerprint density at radius 1 is 1.21 bits per heavy atom. The van der Waals surface area contributed by atoms with Gasteiger partial charge < -0.3 is 10.5 Å². The van der Waals surface area contributed by atoms with Gasteiger partial charge >= 0.3 is 0 Å². The highest BCUT2D eigenvalue weighted by Gasteiger charge is 1.95. The van der Waals surface area contributed by atoms with Crippen molar-refractivity contribution in [2.75, 3.05) is 13.2 Å². The average molecular weight is 191 g/mol. The molecule has 1 rings (SSSR count). The van der Waals surface area contributed by atoms with Crippen LogP contribution >= 0.6 is 0 Å². The highest BCUT2D eigenvalue weighted by Crippen LogP contribution is 2.16. The van der Waals surface area contributed by atoms with Gasteiger partial charge in [0.1, 0.15) is 12.4 Å². The first-order valence-electron chi connectivity index (χ1n) is 4.79. The molecule has 0 radical (unpaired) electrons. The molecule has 0 spiro atoms. The predicted octanol–water partition coefficient (Wildman–Crippen LogP) is 2.20. The first kappa shape index (κ1) is 10.8. The summed E-state index contributed by atoms with van der Waals surface area (Å²) in [6.07, 6.45) is 3.82. The Balaban J connectivity index is 2.51. The lowest BCUT2D eigenvalue weighted by Gasteiger charge is -2.05. The van der Waals surface area contributed by atoms with Crippen LogP contribution in [0.4, 0.5) is 0 Å². The molecule has 2 nitrogen and oxygen atoms in total. The Morgan fingerprint density at radius 2 is 2.00 bits per heavy atom. The van der Waals surface area contributed by atoms with Gasteiger partial charge in [-0.2, -0.15) is 0 Å². The zero-order valence-corrected chi connectivity index (χ0v) is 8.79. The molecular weight excluding hydrogens is 174 g/mol. The minimum absolute atomic E-state index is 0.566. The molecule has 0 saturated carbocycles. The molecule has 14 heavy (non-hydrogen) atoms. The lowest BCUT2D eigenvalue weighted by Crippen LogP contribution is -1.97. The van der Waals surface area contributed by atoms with Gasteiger partial charge in [0.15, 0.2) is 0 Å². The number of hydrogen-bond acceptors (Lipinski definition) is 2. The van der Waals surface area contributed by atoms with Crippen LogP contribution in [0.2, 0.25) is 0 Å². The van der Waals surface area contributed by atoms with E-state index in [0.717, 1.165) is 5.75 Å². The van der Waals surface area contributed by atoms with Crippen LogP contribution in [0, 0.1) is 13.8 Å². The van der Waals surface area contributed by atoms with Crippen molar-refractivity contribution < 1.29 is 4.74 Å². The minimum Gasteiger partial charge on any atom is -0.490 e. The molecule has 0 saturated heterocycles. The molecule has 0 atom stereocenters. The molecule has 0 heterocycles. The van der Waals surface area contributed by atoms with Crippen molar-refractivity contribution in [1.29, 1.82) is 0 Å². The number of nitrogens with two attached hydrogens (primary N) is 1. The van der Waals surface area contributed by atoms with E-state index in [1.54, 1.807) is 0 Å². The van der Waals surface area contributed by atoms with Gasteiger partial charge in [0, 0.05) is 6.54 Å². The van der Waals surface area contributed by atoms with E-state index in [1.807, 2.05) is 24.3 Å². The Hall–Kier alpha value is -1.28. The van der Waals surface area contributed by atoms with Gasteiger partial charge in [-0.05, 0) is 37.1 Å². The second kappa shape index (κ2) is 5.45. The Morgan fingerprint density at radius 3 is 2.64 bits per heavy atom. The summed E-state index contributed by atoms with van der Waals surface area (Å²) in [6, 6.07) is 6.10. The van der Waals surface area contributed by atoms with Crippen LogP contribution in [0.15, 0.2) is 30.4 Å². The summed E-state index contributed by atoms with van der Waals surface area (Å²) in [7, 11) is 0. The van der Waals surface area contributed by atoms with Crippen molar-refractivity contribution >= 4 is 0 Å². The van der Waals surface area contributed by atoms with Crippen LogP contribution in [0.3, 0.4) is 0 Å². The molecule has 1 aromatic rings. The van der Waals surface area contributed by atoms with E-state index in [2.05, 4.69) is 19.9 Å². The van der Waals surface area contributed by atoms with Crippen LogP contribution in [0.25, 0.3) is 0 Å². The molecule has 76 valence electrons. The molecule has 0 amide bonds. The molecule has 1 aromatic carbocycles. The summed E-state index contributed by atoms with van der Waals surface area (Å²) < 4.78 is 5.50. The molecule has 0 fully saturated rings. The minimum atomic E-state index is 0.566. The van der Waals surface area contributed by atoms with Gasteiger partial charge in [-0.15, -0.1) is 0 Å². The lowest BCUT2D eigenvalue weighted by molar-refractivity contribution is 0.362. The molecule has 0 aliphatic rings. The zero-order chi connectivity index (χ0) is 10.4. The molecule has 0 aliphatic heterocycles. The highest BCUT2D eigenvalue weighted by atomic mass is 16.5. The van der Waals surface area contributed by atoms with E-state index in [1.165, 1.54) is 11.1 Å². The second-order valence-corrected chi connectivity index (χ2v) is 3.26. The number of aryl methyl sites for hydroxylation is 2. The summed E-state index contributed by atoms with van der Waals surface area (Å²) in [5.41, 5.74) is 7.85. The quantitative estimate of drug-likeness (QED) is 0.740.